The highest BCUT2D eigenvalue weighted by Gasteiger charge is 2.29. The van der Waals surface area contributed by atoms with Crippen LogP contribution in [0.2, 0.25) is 0 Å². The first kappa shape index (κ1) is 17.7. The maximum absolute atomic E-state index is 11.4. The van der Waals surface area contributed by atoms with E-state index in [1.54, 1.807) is 13.8 Å². The minimum atomic E-state index is -0.904. The largest absolute Gasteiger partial charge is 0.489 e. The van der Waals surface area contributed by atoms with Crippen LogP contribution in [-0.4, -0.2) is 11.1 Å². The smallest absolute Gasteiger partial charge is 0.313 e. The molecule has 0 aromatic heterocycles. The van der Waals surface area contributed by atoms with Gasteiger partial charge in [-0.1, -0.05) is 66.7 Å². The number of rotatable bonds is 6. The number of carbonyl (C=O) groups is 1. The lowest BCUT2D eigenvalue weighted by molar-refractivity contribution is -0.142. The molecular formula is C23H22O3. The third kappa shape index (κ3) is 3.94. The summed E-state index contributed by atoms with van der Waals surface area (Å²) >= 11 is 0. The summed E-state index contributed by atoms with van der Waals surface area (Å²) in [4.78, 5) is 11.4. The monoisotopic (exact) mass is 346 g/mol. The maximum atomic E-state index is 11.4. The van der Waals surface area contributed by atoms with Gasteiger partial charge in [0.1, 0.15) is 12.4 Å². The molecule has 0 saturated heterocycles. The van der Waals surface area contributed by atoms with Gasteiger partial charge in [0.05, 0.1) is 5.41 Å². The minimum Gasteiger partial charge on any atom is -0.489 e. The quantitative estimate of drug-likeness (QED) is 0.659. The van der Waals surface area contributed by atoms with Gasteiger partial charge in [0.2, 0.25) is 0 Å². The van der Waals surface area contributed by atoms with E-state index in [0.717, 1.165) is 28.0 Å². The Hall–Kier alpha value is -3.07. The zero-order valence-corrected chi connectivity index (χ0v) is 15.0. The van der Waals surface area contributed by atoms with Gasteiger partial charge in [-0.05, 0) is 48.2 Å². The number of aliphatic carboxylic acids is 1. The van der Waals surface area contributed by atoms with Crippen LogP contribution in [0.3, 0.4) is 0 Å². The second-order valence-electron chi connectivity index (χ2n) is 6.81. The van der Waals surface area contributed by atoms with Crippen LogP contribution in [-0.2, 0) is 16.8 Å². The van der Waals surface area contributed by atoms with Crippen LogP contribution in [0, 0.1) is 0 Å². The SMILES string of the molecule is CC(C)(C(=O)O)c1ccc(-c2cccc(OCc3ccccc3)c2)cc1. The van der Waals surface area contributed by atoms with Crippen LogP contribution < -0.4 is 4.74 Å². The van der Waals surface area contributed by atoms with Gasteiger partial charge in [0.15, 0.2) is 0 Å². The molecule has 0 heterocycles. The van der Waals surface area contributed by atoms with Crippen LogP contribution in [0.1, 0.15) is 25.0 Å². The summed E-state index contributed by atoms with van der Waals surface area (Å²) in [6, 6.07) is 25.6. The third-order valence-electron chi connectivity index (χ3n) is 4.56. The first-order valence-corrected chi connectivity index (χ1v) is 8.58. The zero-order valence-electron chi connectivity index (χ0n) is 15.0. The highest BCUT2D eigenvalue weighted by Crippen LogP contribution is 2.28. The van der Waals surface area contributed by atoms with Crippen molar-refractivity contribution in [2.75, 3.05) is 0 Å². The molecule has 0 bridgehead atoms. The predicted octanol–water partition coefficient (Wildman–Crippen LogP) is 5.29. The molecule has 0 saturated carbocycles. The topological polar surface area (TPSA) is 46.5 Å². The minimum absolute atomic E-state index is 0.524. The average Bonchev–Trinajstić information content (AvgIpc) is 2.67. The molecule has 0 atom stereocenters. The zero-order chi connectivity index (χ0) is 18.6. The molecule has 3 aromatic carbocycles. The van der Waals surface area contributed by atoms with E-state index in [1.165, 1.54) is 0 Å². The Morgan fingerprint density at radius 3 is 2.23 bits per heavy atom. The van der Waals surface area contributed by atoms with Crippen molar-refractivity contribution < 1.29 is 14.6 Å². The fraction of sp³-hybridized carbons (Fsp3) is 0.174. The second kappa shape index (κ2) is 7.44. The highest BCUT2D eigenvalue weighted by molar-refractivity contribution is 5.80. The summed E-state index contributed by atoms with van der Waals surface area (Å²) in [5.74, 6) is -0.0251. The number of carboxylic acids is 1. The Labute approximate surface area is 153 Å². The van der Waals surface area contributed by atoms with Crippen LogP contribution in [0.4, 0.5) is 0 Å². The van der Waals surface area contributed by atoms with Crippen molar-refractivity contribution in [3.63, 3.8) is 0 Å². The molecule has 3 aromatic rings. The van der Waals surface area contributed by atoms with Gasteiger partial charge in [-0.2, -0.15) is 0 Å². The van der Waals surface area contributed by atoms with Crippen molar-refractivity contribution in [3.8, 4) is 16.9 Å². The van der Waals surface area contributed by atoms with Gasteiger partial charge >= 0.3 is 5.97 Å². The molecule has 0 amide bonds. The molecule has 3 heteroatoms. The maximum Gasteiger partial charge on any atom is 0.313 e. The fourth-order valence-corrected chi connectivity index (χ4v) is 2.71. The summed E-state index contributed by atoms with van der Waals surface area (Å²) in [5, 5.41) is 9.35. The van der Waals surface area contributed by atoms with E-state index in [-0.39, 0.29) is 0 Å². The standard InChI is InChI=1S/C23H22O3/c1-23(2,22(24)25)20-13-11-18(12-14-20)19-9-6-10-21(15-19)26-16-17-7-4-3-5-8-17/h3-15H,16H2,1-2H3,(H,24,25). The summed E-state index contributed by atoms with van der Waals surface area (Å²) in [6.45, 7) is 3.95. The molecule has 132 valence electrons. The molecule has 1 N–H and O–H groups in total. The number of hydrogen-bond acceptors (Lipinski definition) is 2. The van der Waals surface area contributed by atoms with E-state index < -0.39 is 11.4 Å². The molecule has 0 aliphatic heterocycles. The molecule has 3 nitrogen and oxygen atoms in total. The van der Waals surface area contributed by atoms with Crippen molar-refractivity contribution in [1.82, 2.24) is 0 Å². The molecule has 0 spiro atoms. The van der Waals surface area contributed by atoms with Crippen molar-refractivity contribution in [2.24, 2.45) is 0 Å². The van der Waals surface area contributed by atoms with Gasteiger partial charge < -0.3 is 9.84 Å². The second-order valence-corrected chi connectivity index (χ2v) is 6.81. The number of ether oxygens (including phenoxy) is 1. The molecule has 0 radical (unpaired) electrons. The van der Waals surface area contributed by atoms with Gasteiger partial charge in [-0.15, -0.1) is 0 Å². The van der Waals surface area contributed by atoms with Gasteiger partial charge in [0, 0.05) is 0 Å². The molecule has 0 fully saturated rings. The van der Waals surface area contributed by atoms with E-state index in [9.17, 15) is 9.90 Å². The van der Waals surface area contributed by atoms with Gasteiger partial charge in [-0.25, -0.2) is 0 Å². The molecule has 3 rings (SSSR count). The lowest BCUT2D eigenvalue weighted by Crippen LogP contribution is -2.28. The van der Waals surface area contributed by atoms with Crippen LogP contribution in [0.15, 0.2) is 78.9 Å². The van der Waals surface area contributed by atoms with Gasteiger partial charge in [-0.3, -0.25) is 4.79 Å². The van der Waals surface area contributed by atoms with E-state index in [1.807, 2.05) is 78.9 Å². The van der Waals surface area contributed by atoms with Crippen LogP contribution in [0.5, 0.6) is 5.75 Å². The molecular weight excluding hydrogens is 324 g/mol. The van der Waals surface area contributed by atoms with Crippen molar-refractivity contribution in [1.29, 1.82) is 0 Å². The number of carboxylic acid groups (broad SMARTS) is 1. The van der Waals surface area contributed by atoms with Crippen LogP contribution in [0.25, 0.3) is 11.1 Å². The lowest BCUT2D eigenvalue weighted by atomic mass is 9.84. The van der Waals surface area contributed by atoms with E-state index in [2.05, 4.69) is 0 Å². The highest BCUT2D eigenvalue weighted by atomic mass is 16.5. The average molecular weight is 346 g/mol. The summed E-state index contributed by atoms with van der Waals surface area (Å²) in [6.07, 6.45) is 0. The summed E-state index contributed by atoms with van der Waals surface area (Å²) < 4.78 is 5.89. The van der Waals surface area contributed by atoms with Crippen molar-refractivity contribution in [3.05, 3.63) is 90.0 Å². The Morgan fingerprint density at radius 2 is 1.58 bits per heavy atom. The Morgan fingerprint density at radius 1 is 0.885 bits per heavy atom. The first-order valence-electron chi connectivity index (χ1n) is 8.58. The Kier molecular flexibility index (Phi) is 5.08. The molecule has 0 unspecified atom stereocenters. The fourth-order valence-electron chi connectivity index (χ4n) is 2.71. The molecule has 0 aliphatic rings. The number of hydrogen-bond donors (Lipinski definition) is 1. The van der Waals surface area contributed by atoms with Crippen molar-refractivity contribution in [2.45, 2.75) is 25.9 Å². The van der Waals surface area contributed by atoms with Crippen LogP contribution >= 0.6 is 0 Å². The van der Waals surface area contributed by atoms with E-state index in [4.69, 9.17) is 4.74 Å². The Balaban J connectivity index is 1.76. The molecule has 26 heavy (non-hydrogen) atoms. The third-order valence-corrected chi connectivity index (χ3v) is 4.56. The molecule has 0 aliphatic carbocycles. The van der Waals surface area contributed by atoms with E-state index in [0.29, 0.717) is 6.61 Å². The van der Waals surface area contributed by atoms with Gasteiger partial charge in [0.25, 0.3) is 0 Å². The number of benzene rings is 3. The van der Waals surface area contributed by atoms with E-state index >= 15 is 0 Å². The summed E-state index contributed by atoms with van der Waals surface area (Å²) in [7, 11) is 0. The lowest BCUT2D eigenvalue weighted by Gasteiger charge is -2.20. The van der Waals surface area contributed by atoms with Crippen molar-refractivity contribution >= 4 is 5.97 Å². The first-order chi connectivity index (χ1) is 12.5. The summed E-state index contributed by atoms with van der Waals surface area (Å²) in [5.41, 5.74) is 3.07. The normalized spacial score (nSPS) is 11.2. The predicted molar refractivity (Wildman–Crippen MR) is 103 cm³/mol. The Bertz CT molecular complexity index is 881.